The second-order valence-electron chi connectivity index (χ2n) is 6.32. The fraction of sp³-hybridized carbons (Fsp3) is 0.875. The molecule has 1 saturated carbocycles. The van der Waals surface area contributed by atoms with Crippen LogP contribution in [0.2, 0.25) is 0 Å². The standard InChI is InChI=1S/C16H30N4O2/c1-3-19(4-2)16(22)20-10-8-18(9-11-20)13-15(21)17-12-14-6-5-7-14/h14H,3-13H2,1-2H3,(H,17,21). The predicted octanol–water partition coefficient (Wildman–Crippen LogP) is 0.982. The third-order valence-corrected chi connectivity index (χ3v) is 4.86. The van der Waals surface area contributed by atoms with E-state index < -0.39 is 0 Å². The van der Waals surface area contributed by atoms with Gasteiger partial charge >= 0.3 is 6.03 Å². The molecule has 1 heterocycles. The maximum absolute atomic E-state index is 12.3. The molecule has 0 aromatic rings. The van der Waals surface area contributed by atoms with Crippen molar-refractivity contribution in [3.63, 3.8) is 0 Å². The maximum atomic E-state index is 12.3. The topological polar surface area (TPSA) is 55.9 Å². The van der Waals surface area contributed by atoms with Gasteiger partial charge in [0.2, 0.25) is 5.91 Å². The summed E-state index contributed by atoms with van der Waals surface area (Å²) in [4.78, 5) is 30.1. The number of amides is 3. The number of carbonyl (C=O) groups excluding carboxylic acids is 2. The average molecular weight is 310 g/mol. The lowest BCUT2D eigenvalue weighted by atomic mass is 9.85. The van der Waals surface area contributed by atoms with Gasteiger partial charge in [-0.25, -0.2) is 4.79 Å². The summed E-state index contributed by atoms with van der Waals surface area (Å²) in [6.07, 6.45) is 3.82. The van der Waals surface area contributed by atoms with Crippen molar-refractivity contribution < 1.29 is 9.59 Å². The Morgan fingerprint density at radius 2 is 1.73 bits per heavy atom. The van der Waals surface area contributed by atoms with Gasteiger partial charge in [0.15, 0.2) is 0 Å². The highest BCUT2D eigenvalue weighted by Gasteiger charge is 2.25. The van der Waals surface area contributed by atoms with Gasteiger partial charge in [0.05, 0.1) is 6.54 Å². The normalized spacial score (nSPS) is 19.6. The zero-order valence-electron chi connectivity index (χ0n) is 14.0. The summed E-state index contributed by atoms with van der Waals surface area (Å²) in [6.45, 7) is 9.79. The molecular weight excluding hydrogens is 280 g/mol. The van der Waals surface area contributed by atoms with Crippen molar-refractivity contribution in [2.75, 3.05) is 52.4 Å². The average Bonchev–Trinajstić information content (AvgIpc) is 2.47. The summed E-state index contributed by atoms with van der Waals surface area (Å²) < 4.78 is 0. The molecule has 1 saturated heterocycles. The lowest BCUT2D eigenvalue weighted by molar-refractivity contribution is -0.122. The van der Waals surface area contributed by atoms with Crippen LogP contribution in [-0.2, 0) is 4.79 Å². The summed E-state index contributed by atoms with van der Waals surface area (Å²) in [7, 11) is 0. The molecule has 2 aliphatic rings. The zero-order valence-corrected chi connectivity index (χ0v) is 14.0. The van der Waals surface area contributed by atoms with Crippen molar-refractivity contribution in [2.24, 2.45) is 5.92 Å². The van der Waals surface area contributed by atoms with Crippen molar-refractivity contribution in [1.29, 1.82) is 0 Å². The van der Waals surface area contributed by atoms with Crippen LogP contribution in [-0.4, -0.2) is 79.0 Å². The number of hydrogen-bond donors (Lipinski definition) is 1. The Hall–Kier alpha value is -1.30. The summed E-state index contributed by atoms with van der Waals surface area (Å²) >= 11 is 0. The highest BCUT2D eigenvalue weighted by atomic mass is 16.2. The molecule has 0 atom stereocenters. The quantitative estimate of drug-likeness (QED) is 0.796. The van der Waals surface area contributed by atoms with E-state index in [9.17, 15) is 9.59 Å². The van der Waals surface area contributed by atoms with Gasteiger partial charge in [-0.3, -0.25) is 9.69 Å². The minimum absolute atomic E-state index is 0.121. The number of hydrogen-bond acceptors (Lipinski definition) is 3. The third kappa shape index (κ3) is 4.60. The Labute approximate surface area is 133 Å². The Morgan fingerprint density at radius 1 is 1.09 bits per heavy atom. The van der Waals surface area contributed by atoms with Crippen LogP contribution in [0.5, 0.6) is 0 Å². The zero-order chi connectivity index (χ0) is 15.9. The second kappa shape index (κ2) is 8.36. The van der Waals surface area contributed by atoms with Gasteiger partial charge in [0.25, 0.3) is 0 Å². The van der Waals surface area contributed by atoms with Crippen LogP contribution in [0, 0.1) is 5.92 Å². The van der Waals surface area contributed by atoms with Crippen molar-refractivity contribution in [1.82, 2.24) is 20.0 Å². The van der Waals surface area contributed by atoms with E-state index in [1.54, 1.807) is 0 Å². The van der Waals surface area contributed by atoms with E-state index in [1.807, 2.05) is 23.6 Å². The molecular formula is C16H30N4O2. The molecule has 2 rings (SSSR count). The van der Waals surface area contributed by atoms with Crippen molar-refractivity contribution >= 4 is 11.9 Å². The molecule has 1 aliphatic carbocycles. The van der Waals surface area contributed by atoms with Crippen LogP contribution >= 0.6 is 0 Å². The van der Waals surface area contributed by atoms with E-state index in [2.05, 4.69) is 10.2 Å². The highest BCUT2D eigenvalue weighted by molar-refractivity contribution is 5.78. The van der Waals surface area contributed by atoms with Crippen LogP contribution in [0.15, 0.2) is 0 Å². The van der Waals surface area contributed by atoms with Crippen molar-refractivity contribution in [3.8, 4) is 0 Å². The Balaban J connectivity index is 1.65. The lowest BCUT2D eigenvalue weighted by Gasteiger charge is -2.37. The number of carbonyl (C=O) groups is 2. The monoisotopic (exact) mass is 310 g/mol. The first-order chi connectivity index (χ1) is 10.6. The lowest BCUT2D eigenvalue weighted by Crippen LogP contribution is -2.54. The number of nitrogens with one attached hydrogen (secondary N) is 1. The first-order valence-electron chi connectivity index (χ1n) is 8.67. The number of nitrogens with zero attached hydrogens (tertiary/aromatic N) is 3. The molecule has 0 radical (unpaired) electrons. The summed E-state index contributed by atoms with van der Waals surface area (Å²) in [6, 6.07) is 0.124. The molecule has 0 aromatic carbocycles. The largest absolute Gasteiger partial charge is 0.355 e. The van der Waals surface area contributed by atoms with Crippen LogP contribution in [0.4, 0.5) is 4.79 Å². The van der Waals surface area contributed by atoms with Crippen molar-refractivity contribution in [2.45, 2.75) is 33.1 Å². The Bertz CT molecular complexity index is 372. The van der Waals surface area contributed by atoms with Crippen LogP contribution < -0.4 is 5.32 Å². The molecule has 0 spiro atoms. The summed E-state index contributed by atoms with van der Waals surface area (Å²) in [5, 5.41) is 3.03. The molecule has 1 aliphatic heterocycles. The number of piperazine rings is 1. The Morgan fingerprint density at radius 3 is 2.23 bits per heavy atom. The Kier molecular flexibility index (Phi) is 6.49. The fourth-order valence-corrected chi connectivity index (χ4v) is 3.01. The molecule has 0 unspecified atom stereocenters. The number of urea groups is 1. The highest BCUT2D eigenvalue weighted by Crippen LogP contribution is 2.25. The molecule has 1 N–H and O–H groups in total. The molecule has 3 amide bonds. The van der Waals surface area contributed by atoms with Gasteiger partial charge in [0.1, 0.15) is 0 Å². The third-order valence-electron chi connectivity index (χ3n) is 4.86. The molecule has 0 bridgehead atoms. The second-order valence-corrected chi connectivity index (χ2v) is 6.32. The van der Waals surface area contributed by atoms with Gasteiger partial charge in [-0.15, -0.1) is 0 Å². The van der Waals surface area contributed by atoms with Crippen LogP contribution in [0.1, 0.15) is 33.1 Å². The molecule has 126 valence electrons. The van der Waals surface area contributed by atoms with E-state index >= 15 is 0 Å². The maximum Gasteiger partial charge on any atom is 0.320 e. The SMILES string of the molecule is CCN(CC)C(=O)N1CCN(CC(=O)NCC2CCC2)CC1. The smallest absolute Gasteiger partial charge is 0.320 e. The van der Waals surface area contributed by atoms with Gasteiger partial charge in [-0.1, -0.05) is 6.42 Å². The molecule has 0 aromatic heterocycles. The summed E-state index contributed by atoms with van der Waals surface area (Å²) in [5.41, 5.74) is 0. The van der Waals surface area contributed by atoms with Gasteiger partial charge < -0.3 is 15.1 Å². The molecule has 6 heteroatoms. The fourth-order valence-electron chi connectivity index (χ4n) is 3.01. The van der Waals surface area contributed by atoms with Crippen molar-refractivity contribution in [3.05, 3.63) is 0 Å². The molecule has 22 heavy (non-hydrogen) atoms. The minimum Gasteiger partial charge on any atom is -0.355 e. The van der Waals surface area contributed by atoms with Gasteiger partial charge in [-0.2, -0.15) is 0 Å². The summed E-state index contributed by atoms with van der Waals surface area (Å²) in [5.74, 6) is 0.822. The van der Waals surface area contributed by atoms with E-state index in [0.717, 1.165) is 32.7 Å². The van der Waals surface area contributed by atoms with Gasteiger partial charge in [-0.05, 0) is 32.6 Å². The molecule has 6 nitrogen and oxygen atoms in total. The number of rotatable bonds is 6. The first-order valence-corrected chi connectivity index (χ1v) is 8.67. The van der Waals surface area contributed by atoms with Gasteiger partial charge in [0, 0.05) is 45.8 Å². The van der Waals surface area contributed by atoms with E-state index in [-0.39, 0.29) is 11.9 Å². The molecule has 2 fully saturated rings. The first kappa shape index (κ1) is 17.1. The minimum atomic E-state index is 0.121. The van der Waals surface area contributed by atoms with E-state index in [1.165, 1.54) is 19.3 Å². The van der Waals surface area contributed by atoms with E-state index in [0.29, 0.717) is 25.6 Å². The van der Waals surface area contributed by atoms with E-state index in [4.69, 9.17) is 0 Å². The van der Waals surface area contributed by atoms with Crippen LogP contribution in [0.3, 0.4) is 0 Å². The predicted molar refractivity (Wildman–Crippen MR) is 86.7 cm³/mol. The van der Waals surface area contributed by atoms with Crippen LogP contribution in [0.25, 0.3) is 0 Å².